The first-order chi connectivity index (χ1) is 7.31. The maximum Gasteiger partial charge on any atom is 0.309 e. The summed E-state index contributed by atoms with van der Waals surface area (Å²) in [5.41, 5.74) is -0.868. The van der Waals surface area contributed by atoms with Crippen molar-refractivity contribution in [2.75, 3.05) is 20.2 Å². The van der Waals surface area contributed by atoms with Gasteiger partial charge in [-0.1, -0.05) is 0 Å². The van der Waals surface area contributed by atoms with Crippen LogP contribution in [0, 0.1) is 5.41 Å². The number of carbonyl (C=O) groups excluding carboxylic acids is 1. The largest absolute Gasteiger partial charge is 0.481 e. The molecule has 5 heteroatoms. The molecule has 0 saturated heterocycles. The van der Waals surface area contributed by atoms with Crippen molar-refractivity contribution in [2.45, 2.75) is 33.1 Å². The Morgan fingerprint density at radius 1 is 1.31 bits per heavy atom. The van der Waals surface area contributed by atoms with Gasteiger partial charge in [0.1, 0.15) is 0 Å². The highest BCUT2D eigenvalue weighted by Gasteiger charge is 2.28. The number of carboxylic acid groups (broad SMARTS) is 1. The Bertz CT molecular complexity index is 250. The molecule has 0 spiro atoms. The lowest BCUT2D eigenvalue weighted by Gasteiger charge is -2.21. The Kier molecular flexibility index (Phi) is 6.03. The van der Waals surface area contributed by atoms with Gasteiger partial charge in [-0.15, -0.1) is 0 Å². The van der Waals surface area contributed by atoms with Crippen LogP contribution < -0.4 is 0 Å². The second-order valence-corrected chi connectivity index (χ2v) is 4.58. The summed E-state index contributed by atoms with van der Waals surface area (Å²) in [6.07, 6.45) is 1.09. The minimum absolute atomic E-state index is 0.0538. The molecule has 0 aliphatic rings. The van der Waals surface area contributed by atoms with E-state index in [1.807, 2.05) is 0 Å². The molecule has 0 aromatic heterocycles. The zero-order valence-corrected chi connectivity index (χ0v) is 10.2. The third-order valence-corrected chi connectivity index (χ3v) is 2.62. The molecule has 0 fully saturated rings. The molecule has 0 rings (SSSR count). The fourth-order valence-corrected chi connectivity index (χ4v) is 1.15. The summed E-state index contributed by atoms with van der Waals surface area (Å²) in [6.45, 7) is 3.77. The van der Waals surface area contributed by atoms with Gasteiger partial charge in [0.05, 0.1) is 5.41 Å². The third-order valence-electron chi connectivity index (χ3n) is 2.62. The van der Waals surface area contributed by atoms with E-state index in [0.29, 0.717) is 19.4 Å². The summed E-state index contributed by atoms with van der Waals surface area (Å²) in [6, 6.07) is 0. The first kappa shape index (κ1) is 14.9. The van der Waals surface area contributed by atoms with Gasteiger partial charge in [0.2, 0.25) is 5.91 Å². The van der Waals surface area contributed by atoms with Crippen LogP contribution >= 0.6 is 0 Å². The van der Waals surface area contributed by atoms with E-state index in [1.165, 1.54) is 4.90 Å². The van der Waals surface area contributed by atoms with Gasteiger partial charge in [-0.25, -0.2) is 0 Å². The number of amides is 1. The molecular formula is C11H21NO4. The number of hydrogen-bond donors (Lipinski definition) is 2. The summed E-state index contributed by atoms with van der Waals surface area (Å²) >= 11 is 0. The molecule has 2 N–H and O–H groups in total. The highest BCUT2D eigenvalue weighted by Crippen LogP contribution is 2.22. The smallest absolute Gasteiger partial charge is 0.309 e. The third kappa shape index (κ3) is 5.11. The maximum atomic E-state index is 11.6. The highest BCUT2D eigenvalue weighted by molar-refractivity contribution is 5.78. The van der Waals surface area contributed by atoms with Gasteiger partial charge < -0.3 is 15.1 Å². The van der Waals surface area contributed by atoms with E-state index in [0.717, 1.165) is 0 Å². The van der Waals surface area contributed by atoms with Crippen LogP contribution in [-0.4, -0.2) is 47.2 Å². The zero-order valence-electron chi connectivity index (χ0n) is 10.2. The lowest BCUT2D eigenvalue weighted by Crippen LogP contribution is -2.31. The van der Waals surface area contributed by atoms with Gasteiger partial charge in [0.25, 0.3) is 0 Å². The fraction of sp³-hybridized carbons (Fsp3) is 0.818. The summed E-state index contributed by atoms with van der Waals surface area (Å²) in [4.78, 5) is 23.9. The van der Waals surface area contributed by atoms with Crippen LogP contribution in [0.15, 0.2) is 0 Å². The number of aliphatic carboxylic acids is 1. The van der Waals surface area contributed by atoms with Crippen LogP contribution in [0.3, 0.4) is 0 Å². The summed E-state index contributed by atoms with van der Waals surface area (Å²) in [7, 11) is 1.66. The molecule has 0 bridgehead atoms. The van der Waals surface area contributed by atoms with Crippen molar-refractivity contribution in [2.24, 2.45) is 5.41 Å². The van der Waals surface area contributed by atoms with Crippen molar-refractivity contribution in [3.05, 3.63) is 0 Å². The lowest BCUT2D eigenvalue weighted by molar-refractivity contribution is -0.147. The predicted octanol–water partition coefficient (Wildman–Crippen LogP) is 0.718. The molecule has 0 aliphatic heterocycles. The standard InChI is InChI=1S/C11H21NO4/c1-11(2,10(15)16)6-5-9(14)12(3)7-4-8-13/h13H,4-8H2,1-3H3,(H,15,16). The minimum atomic E-state index is -0.890. The summed E-state index contributed by atoms with van der Waals surface area (Å²) in [5.74, 6) is -0.971. The molecule has 0 aliphatic carbocycles. The second kappa shape index (κ2) is 6.48. The van der Waals surface area contributed by atoms with E-state index in [9.17, 15) is 9.59 Å². The van der Waals surface area contributed by atoms with Gasteiger partial charge in [0, 0.05) is 26.6 Å². The normalized spacial score (nSPS) is 11.2. The molecule has 0 aromatic rings. The topological polar surface area (TPSA) is 77.8 Å². The number of aliphatic hydroxyl groups is 1. The van der Waals surface area contributed by atoms with E-state index in [4.69, 9.17) is 10.2 Å². The Morgan fingerprint density at radius 3 is 2.31 bits per heavy atom. The Balaban J connectivity index is 4.02. The second-order valence-electron chi connectivity index (χ2n) is 4.58. The van der Waals surface area contributed by atoms with Crippen molar-refractivity contribution in [3.63, 3.8) is 0 Å². The molecule has 0 atom stereocenters. The van der Waals surface area contributed by atoms with Crippen molar-refractivity contribution in [3.8, 4) is 0 Å². The number of carbonyl (C=O) groups is 2. The number of carboxylic acids is 1. The van der Waals surface area contributed by atoms with E-state index < -0.39 is 11.4 Å². The van der Waals surface area contributed by atoms with Crippen LogP contribution in [0.1, 0.15) is 33.1 Å². The van der Waals surface area contributed by atoms with Gasteiger partial charge in [-0.3, -0.25) is 9.59 Å². The highest BCUT2D eigenvalue weighted by atomic mass is 16.4. The summed E-state index contributed by atoms with van der Waals surface area (Å²) < 4.78 is 0. The molecule has 0 radical (unpaired) electrons. The number of hydrogen-bond acceptors (Lipinski definition) is 3. The average molecular weight is 231 g/mol. The molecular weight excluding hydrogens is 210 g/mol. The number of nitrogens with zero attached hydrogens (tertiary/aromatic N) is 1. The van der Waals surface area contributed by atoms with E-state index in [1.54, 1.807) is 20.9 Å². The Morgan fingerprint density at radius 2 is 1.88 bits per heavy atom. The van der Waals surface area contributed by atoms with Crippen LogP contribution in [-0.2, 0) is 9.59 Å². The molecule has 0 saturated carbocycles. The van der Waals surface area contributed by atoms with Crippen LogP contribution in [0.4, 0.5) is 0 Å². The summed E-state index contributed by atoms with van der Waals surface area (Å²) in [5, 5.41) is 17.5. The van der Waals surface area contributed by atoms with E-state index in [2.05, 4.69) is 0 Å². The fourth-order valence-electron chi connectivity index (χ4n) is 1.15. The SMILES string of the molecule is CN(CCCO)C(=O)CCC(C)(C)C(=O)O. The van der Waals surface area contributed by atoms with Gasteiger partial charge in [0.15, 0.2) is 0 Å². The number of rotatable bonds is 7. The first-order valence-corrected chi connectivity index (χ1v) is 5.39. The van der Waals surface area contributed by atoms with Crippen molar-refractivity contribution >= 4 is 11.9 Å². The molecule has 5 nitrogen and oxygen atoms in total. The molecule has 0 heterocycles. The quantitative estimate of drug-likeness (QED) is 0.676. The van der Waals surface area contributed by atoms with E-state index in [-0.39, 0.29) is 18.9 Å². The monoisotopic (exact) mass is 231 g/mol. The average Bonchev–Trinajstić information content (AvgIpc) is 2.22. The minimum Gasteiger partial charge on any atom is -0.481 e. The van der Waals surface area contributed by atoms with E-state index >= 15 is 0 Å². The van der Waals surface area contributed by atoms with Crippen LogP contribution in [0.2, 0.25) is 0 Å². The lowest BCUT2D eigenvalue weighted by atomic mass is 9.88. The predicted molar refractivity (Wildman–Crippen MR) is 60.0 cm³/mol. The van der Waals surface area contributed by atoms with Gasteiger partial charge in [-0.05, 0) is 26.7 Å². The van der Waals surface area contributed by atoms with Crippen LogP contribution in [0.25, 0.3) is 0 Å². The Hall–Kier alpha value is -1.10. The van der Waals surface area contributed by atoms with Gasteiger partial charge in [-0.2, -0.15) is 0 Å². The van der Waals surface area contributed by atoms with Crippen molar-refractivity contribution in [1.82, 2.24) is 4.90 Å². The van der Waals surface area contributed by atoms with Crippen molar-refractivity contribution in [1.29, 1.82) is 0 Å². The van der Waals surface area contributed by atoms with Gasteiger partial charge >= 0.3 is 5.97 Å². The molecule has 94 valence electrons. The zero-order chi connectivity index (χ0) is 12.8. The molecule has 16 heavy (non-hydrogen) atoms. The Labute approximate surface area is 96.1 Å². The molecule has 0 aromatic carbocycles. The molecule has 1 amide bonds. The van der Waals surface area contributed by atoms with Crippen molar-refractivity contribution < 1.29 is 19.8 Å². The number of aliphatic hydroxyl groups excluding tert-OH is 1. The first-order valence-electron chi connectivity index (χ1n) is 5.39. The maximum absolute atomic E-state index is 11.6. The van der Waals surface area contributed by atoms with Crippen LogP contribution in [0.5, 0.6) is 0 Å². The molecule has 0 unspecified atom stereocenters.